The molecule has 6 heteroatoms. The second kappa shape index (κ2) is 7.88. The highest BCUT2D eigenvalue weighted by Gasteiger charge is 2.18. The summed E-state index contributed by atoms with van der Waals surface area (Å²) in [5.41, 5.74) is 1.48. The van der Waals surface area contributed by atoms with Gasteiger partial charge in [0, 0.05) is 29.1 Å². The van der Waals surface area contributed by atoms with Crippen molar-refractivity contribution in [3.05, 3.63) is 80.4 Å². The molecule has 1 aromatic carbocycles. The fraction of sp³-hybridized carbons (Fsp3) is 0.167. The summed E-state index contributed by atoms with van der Waals surface area (Å²) in [6.45, 7) is 1.10. The van der Waals surface area contributed by atoms with Crippen LogP contribution in [-0.4, -0.2) is 17.4 Å². The molecule has 24 heavy (non-hydrogen) atoms. The van der Waals surface area contributed by atoms with Gasteiger partial charge in [-0.05, 0) is 42.1 Å². The van der Waals surface area contributed by atoms with E-state index >= 15 is 0 Å². The number of thiophene rings is 1. The number of halogens is 2. The first kappa shape index (κ1) is 17.1. The fourth-order valence-corrected chi connectivity index (χ4v) is 3.36. The fourth-order valence-electron chi connectivity index (χ4n) is 2.37. The lowest BCUT2D eigenvalue weighted by molar-refractivity contribution is 0.0745. The molecule has 2 heterocycles. The van der Waals surface area contributed by atoms with Crippen LogP contribution in [0.15, 0.2) is 58.7 Å². The van der Waals surface area contributed by atoms with E-state index in [0.29, 0.717) is 28.7 Å². The van der Waals surface area contributed by atoms with E-state index in [1.165, 1.54) is 4.88 Å². The maximum Gasteiger partial charge on any atom is 0.254 e. The monoisotopic (exact) mass is 379 g/mol. The van der Waals surface area contributed by atoms with Crippen molar-refractivity contribution in [1.82, 2.24) is 4.90 Å². The van der Waals surface area contributed by atoms with Crippen molar-refractivity contribution >= 4 is 40.4 Å². The summed E-state index contributed by atoms with van der Waals surface area (Å²) in [7, 11) is 0. The Morgan fingerprint density at radius 3 is 2.71 bits per heavy atom. The first-order valence-electron chi connectivity index (χ1n) is 7.41. The molecule has 0 unspecified atom stereocenters. The van der Waals surface area contributed by atoms with Crippen molar-refractivity contribution in [3.8, 4) is 0 Å². The standard InChI is InChI=1S/C18H15Cl2NO2S/c19-16-4-3-14(10-17(16)20)18(22)21(11-13-6-8-23-12-13)7-5-15-2-1-9-24-15/h1-4,6,8-10,12H,5,7,11H2. The summed E-state index contributed by atoms with van der Waals surface area (Å²) in [5, 5.41) is 2.86. The third kappa shape index (κ3) is 4.20. The minimum absolute atomic E-state index is 0.0775. The normalized spacial score (nSPS) is 10.8. The molecule has 0 N–H and O–H groups in total. The zero-order chi connectivity index (χ0) is 16.9. The topological polar surface area (TPSA) is 33.5 Å². The number of amides is 1. The lowest BCUT2D eigenvalue weighted by Crippen LogP contribution is -2.32. The maximum absolute atomic E-state index is 12.9. The summed E-state index contributed by atoms with van der Waals surface area (Å²) in [6, 6.07) is 10.9. The van der Waals surface area contributed by atoms with E-state index in [4.69, 9.17) is 27.6 Å². The summed E-state index contributed by atoms with van der Waals surface area (Å²) in [6.07, 6.45) is 4.07. The van der Waals surface area contributed by atoms with Crippen molar-refractivity contribution in [3.63, 3.8) is 0 Å². The molecule has 3 nitrogen and oxygen atoms in total. The van der Waals surface area contributed by atoms with E-state index in [1.807, 2.05) is 17.5 Å². The number of hydrogen-bond acceptors (Lipinski definition) is 3. The van der Waals surface area contributed by atoms with Gasteiger partial charge in [0.05, 0.1) is 22.6 Å². The minimum Gasteiger partial charge on any atom is -0.472 e. The molecule has 124 valence electrons. The largest absolute Gasteiger partial charge is 0.472 e. The Kier molecular flexibility index (Phi) is 5.61. The van der Waals surface area contributed by atoms with Crippen LogP contribution in [0.2, 0.25) is 10.0 Å². The third-order valence-corrected chi connectivity index (χ3v) is 5.29. The van der Waals surface area contributed by atoms with Gasteiger partial charge in [-0.15, -0.1) is 11.3 Å². The predicted octanol–water partition coefficient (Wildman–Crippen LogP) is 5.53. The zero-order valence-electron chi connectivity index (χ0n) is 12.7. The molecule has 0 aliphatic carbocycles. The molecule has 0 fully saturated rings. The number of benzene rings is 1. The highest BCUT2D eigenvalue weighted by atomic mass is 35.5. The first-order valence-corrected chi connectivity index (χ1v) is 9.05. The Bertz CT molecular complexity index is 801. The third-order valence-electron chi connectivity index (χ3n) is 3.62. The average Bonchev–Trinajstić information content (AvgIpc) is 3.26. The second-order valence-electron chi connectivity index (χ2n) is 5.32. The first-order chi connectivity index (χ1) is 11.6. The molecule has 0 aliphatic rings. The van der Waals surface area contributed by atoms with Crippen molar-refractivity contribution in [1.29, 1.82) is 0 Å². The van der Waals surface area contributed by atoms with E-state index in [9.17, 15) is 4.79 Å². The van der Waals surface area contributed by atoms with E-state index in [2.05, 4.69) is 6.07 Å². The van der Waals surface area contributed by atoms with E-state index in [0.717, 1.165) is 12.0 Å². The Hall–Kier alpha value is -1.75. The number of rotatable bonds is 6. The van der Waals surface area contributed by atoms with Crippen molar-refractivity contribution < 1.29 is 9.21 Å². The predicted molar refractivity (Wildman–Crippen MR) is 97.9 cm³/mol. The zero-order valence-corrected chi connectivity index (χ0v) is 15.1. The summed E-state index contributed by atoms with van der Waals surface area (Å²) in [4.78, 5) is 15.9. The maximum atomic E-state index is 12.9. The Morgan fingerprint density at radius 2 is 2.04 bits per heavy atom. The van der Waals surface area contributed by atoms with Gasteiger partial charge >= 0.3 is 0 Å². The highest BCUT2D eigenvalue weighted by Crippen LogP contribution is 2.24. The molecule has 2 aromatic heterocycles. The van der Waals surface area contributed by atoms with Gasteiger partial charge in [-0.3, -0.25) is 4.79 Å². The number of hydrogen-bond donors (Lipinski definition) is 0. The van der Waals surface area contributed by atoms with Gasteiger partial charge in [-0.25, -0.2) is 0 Å². The quantitative estimate of drug-likeness (QED) is 0.563. The van der Waals surface area contributed by atoms with Crippen molar-refractivity contribution in [2.75, 3.05) is 6.54 Å². The SMILES string of the molecule is O=C(c1ccc(Cl)c(Cl)c1)N(CCc1cccs1)Cc1ccoc1. The molecule has 3 rings (SSSR count). The van der Waals surface area contributed by atoms with Crippen molar-refractivity contribution in [2.45, 2.75) is 13.0 Å². The number of carbonyl (C=O) groups excluding carboxylic acids is 1. The molecular weight excluding hydrogens is 365 g/mol. The molecular formula is C18H15Cl2NO2S. The summed E-state index contributed by atoms with van der Waals surface area (Å²) in [5.74, 6) is -0.0775. The second-order valence-corrected chi connectivity index (χ2v) is 7.16. The van der Waals surface area contributed by atoms with Gasteiger partial charge in [-0.2, -0.15) is 0 Å². The molecule has 0 radical (unpaired) electrons. The molecule has 1 amide bonds. The molecule has 0 atom stereocenters. The molecule has 3 aromatic rings. The van der Waals surface area contributed by atoms with Gasteiger partial charge in [0.15, 0.2) is 0 Å². The van der Waals surface area contributed by atoms with Crippen LogP contribution in [0.4, 0.5) is 0 Å². The van der Waals surface area contributed by atoms with Gasteiger partial charge < -0.3 is 9.32 Å². The highest BCUT2D eigenvalue weighted by molar-refractivity contribution is 7.09. The number of nitrogens with zero attached hydrogens (tertiary/aromatic N) is 1. The smallest absolute Gasteiger partial charge is 0.254 e. The van der Waals surface area contributed by atoms with E-state index in [-0.39, 0.29) is 5.91 Å². The Balaban J connectivity index is 1.79. The molecule has 0 bridgehead atoms. The van der Waals surface area contributed by atoms with Crippen LogP contribution in [0.5, 0.6) is 0 Å². The molecule has 0 saturated carbocycles. The lowest BCUT2D eigenvalue weighted by Gasteiger charge is -2.22. The van der Waals surface area contributed by atoms with Crippen LogP contribution in [0.1, 0.15) is 20.8 Å². The van der Waals surface area contributed by atoms with Crippen LogP contribution < -0.4 is 0 Å². The molecule has 0 spiro atoms. The van der Waals surface area contributed by atoms with Gasteiger partial charge in [0.1, 0.15) is 0 Å². The average molecular weight is 380 g/mol. The molecule has 0 aliphatic heterocycles. The number of carbonyl (C=O) groups is 1. The summed E-state index contributed by atoms with van der Waals surface area (Å²) < 4.78 is 5.11. The lowest BCUT2D eigenvalue weighted by atomic mass is 10.1. The summed E-state index contributed by atoms with van der Waals surface area (Å²) >= 11 is 13.7. The van der Waals surface area contributed by atoms with Crippen LogP contribution in [0, 0.1) is 0 Å². The Morgan fingerprint density at radius 1 is 1.17 bits per heavy atom. The van der Waals surface area contributed by atoms with Crippen LogP contribution in [0.3, 0.4) is 0 Å². The van der Waals surface area contributed by atoms with Gasteiger partial charge in [-0.1, -0.05) is 29.3 Å². The minimum atomic E-state index is -0.0775. The van der Waals surface area contributed by atoms with Gasteiger partial charge in [0.25, 0.3) is 5.91 Å². The van der Waals surface area contributed by atoms with Gasteiger partial charge in [0.2, 0.25) is 0 Å². The van der Waals surface area contributed by atoms with Crippen LogP contribution in [-0.2, 0) is 13.0 Å². The van der Waals surface area contributed by atoms with E-state index in [1.54, 1.807) is 47.0 Å². The Labute approximate surface area is 154 Å². The molecule has 0 saturated heterocycles. The van der Waals surface area contributed by atoms with Crippen molar-refractivity contribution in [2.24, 2.45) is 0 Å². The van der Waals surface area contributed by atoms with Crippen LogP contribution in [0.25, 0.3) is 0 Å². The number of furan rings is 1. The van der Waals surface area contributed by atoms with Crippen LogP contribution >= 0.6 is 34.5 Å². The van der Waals surface area contributed by atoms with E-state index < -0.39 is 0 Å².